The molecule has 4 rings (SSSR count). The van der Waals surface area contributed by atoms with Crippen LogP contribution in [0.3, 0.4) is 0 Å². The molecule has 3 saturated heterocycles. The van der Waals surface area contributed by atoms with Crippen LogP contribution in [0.4, 0.5) is 0 Å². The van der Waals surface area contributed by atoms with Crippen LogP contribution in [0.2, 0.25) is 0 Å². The van der Waals surface area contributed by atoms with Gasteiger partial charge in [0.2, 0.25) is 0 Å². The summed E-state index contributed by atoms with van der Waals surface area (Å²) in [5.41, 5.74) is 0.0488. The van der Waals surface area contributed by atoms with Crippen LogP contribution in [0.1, 0.15) is 34.1 Å². The molecule has 0 bridgehead atoms. The van der Waals surface area contributed by atoms with Crippen molar-refractivity contribution in [3.63, 3.8) is 0 Å². The first kappa shape index (κ1) is 17.8. The van der Waals surface area contributed by atoms with E-state index in [4.69, 9.17) is 23.7 Å². The first-order valence-electron chi connectivity index (χ1n) is 8.86. The lowest BCUT2D eigenvalue weighted by Gasteiger charge is -2.44. The van der Waals surface area contributed by atoms with Gasteiger partial charge in [0.05, 0.1) is 12.7 Å². The summed E-state index contributed by atoms with van der Waals surface area (Å²) >= 11 is 1.73. The second-order valence-corrected chi connectivity index (χ2v) is 8.94. The van der Waals surface area contributed by atoms with Crippen LogP contribution in [0, 0.1) is 0 Å². The predicted octanol–water partition coefficient (Wildman–Crippen LogP) is 3.57. The van der Waals surface area contributed by atoms with Crippen LogP contribution in [0.15, 0.2) is 35.2 Å². The minimum atomic E-state index is -0.655. The molecule has 138 valence electrons. The lowest BCUT2D eigenvalue weighted by molar-refractivity contribution is -0.337. The number of benzene rings is 1. The van der Waals surface area contributed by atoms with E-state index in [0.29, 0.717) is 6.61 Å². The third kappa shape index (κ3) is 3.89. The van der Waals surface area contributed by atoms with Crippen molar-refractivity contribution >= 4 is 11.8 Å². The summed E-state index contributed by atoms with van der Waals surface area (Å²) in [5, 5.41) is 0. The van der Waals surface area contributed by atoms with E-state index >= 15 is 0 Å². The molecule has 0 saturated carbocycles. The summed E-state index contributed by atoms with van der Waals surface area (Å²) in [6.07, 6.45) is 0.354. The highest BCUT2D eigenvalue weighted by Gasteiger charge is 2.54. The van der Waals surface area contributed by atoms with Gasteiger partial charge in [0, 0.05) is 11.3 Å². The molecule has 0 N–H and O–H groups in total. The molecule has 1 aromatic carbocycles. The zero-order chi connectivity index (χ0) is 17.7. The Morgan fingerprint density at radius 2 is 1.60 bits per heavy atom. The van der Waals surface area contributed by atoms with Gasteiger partial charge >= 0.3 is 0 Å². The molecule has 3 aliphatic rings. The zero-order valence-corrected chi connectivity index (χ0v) is 16.0. The number of rotatable bonds is 3. The SMILES string of the molecule is CC1(C)O[C@H]([C@H]2COC(C)(C)O2)[C@@H]2O[C@@H](Sc3ccccc3)C[C@@H]2O1. The Hall–Kier alpha value is -0.630. The number of fused-ring (bicyclic) bond motifs is 1. The van der Waals surface area contributed by atoms with Crippen molar-refractivity contribution in [2.24, 2.45) is 0 Å². The van der Waals surface area contributed by atoms with Crippen LogP contribution in [0.5, 0.6) is 0 Å². The van der Waals surface area contributed by atoms with Gasteiger partial charge < -0.3 is 23.7 Å². The van der Waals surface area contributed by atoms with Crippen LogP contribution in [-0.4, -0.2) is 48.0 Å². The largest absolute Gasteiger partial charge is 0.358 e. The monoisotopic (exact) mass is 366 g/mol. The maximum Gasteiger partial charge on any atom is 0.163 e. The fourth-order valence-corrected chi connectivity index (χ4v) is 4.81. The van der Waals surface area contributed by atoms with E-state index in [1.165, 1.54) is 4.90 Å². The van der Waals surface area contributed by atoms with Crippen LogP contribution >= 0.6 is 11.8 Å². The molecular formula is C19H26O5S. The Morgan fingerprint density at radius 3 is 2.28 bits per heavy atom. The maximum absolute atomic E-state index is 6.33. The third-order valence-corrected chi connectivity index (χ3v) is 5.80. The van der Waals surface area contributed by atoms with Gasteiger partial charge in [-0.25, -0.2) is 0 Å². The van der Waals surface area contributed by atoms with E-state index in [9.17, 15) is 0 Å². The quantitative estimate of drug-likeness (QED) is 0.815. The summed E-state index contributed by atoms with van der Waals surface area (Å²) in [4.78, 5) is 1.20. The first-order valence-corrected chi connectivity index (χ1v) is 9.74. The lowest BCUT2D eigenvalue weighted by Crippen LogP contribution is -2.57. The summed E-state index contributed by atoms with van der Waals surface area (Å²) in [6, 6.07) is 10.3. The van der Waals surface area contributed by atoms with Gasteiger partial charge in [0.15, 0.2) is 11.6 Å². The minimum absolute atomic E-state index is 0.00211. The maximum atomic E-state index is 6.33. The van der Waals surface area contributed by atoms with E-state index in [1.807, 2.05) is 45.9 Å². The van der Waals surface area contributed by atoms with Crippen molar-refractivity contribution in [3.8, 4) is 0 Å². The Balaban J connectivity index is 1.49. The van der Waals surface area contributed by atoms with Crippen LogP contribution in [0.25, 0.3) is 0 Å². The van der Waals surface area contributed by atoms with E-state index in [2.05, 4.69) is 12.1 Å². The Labute approximate surface area is 153 Å². The highest BCUT2D eigenvalue weighted by atomic mass is 32.2. The van der Waals surface area contributed by atoms with Crippen molar-refractivity contribution in [1.82, 2.24) is 0 Å². The van der Waals surface area contributed by atoms with Gasteiger partial charge in [-0.05, 0) is 39.8 Å². The fourth-order valence-electron chi connectivity index (χ4n) is 3.73. The number of thioether (sulfide) groups is 1. The van der Waals surface area contributed by atoms with Crippen molar-refractivity contribution in [2.45, 2.75) is 80.4 Å². The van der Waals surface area contributed by atoms with E-state index < -0.39 is 11.6 Å². The molecule has 25 heavy (non-hydrogen) atoms. The number of hydrogen-bond acceptors (Lipinski definition) is 6. The van der Waals surface area contributed by atoms with Gasteiger partial charge in [-0.1, -0.05) is 30.0 Å². The molecule has 0 radical (unpaired) electrons. The van der Waals surface area contributed by atoms with Gasteiger partial charge in [-0.3, -0.25) is 0 Å². The van der Waals surface area contributed by atoms with Crippen LogP contribution in [-0.2, 0) is 23.7 Å². The van der Waals surface area contributed by atoms with Gasteiger partial charge in [0.25, 0.3) is 0 Å². The minimum Gasteiger partial charge on any atom is -0.358 e. The number of hydrogen-bond donors (Lipinski definition) is 0. The summed E-state index contributed by atoms with van der Waals surface area (Å²) in [5.74, 6) is -1.24. The van der Waals surface area contributed by atoms with Crippen molar-refractivity contribution in [1.29, 1.82) is 0 Å². The van der Waals surface area contributed by atoms with Gasteiger partial charge in [0.1, 0.15) is 23.7 Å². The van der Waals surface area contributed by atoms with Crippen LogP contribution < -0.4 is 0 Å². The Bertz CT molecular complexity index is 605. The molecular weight excluding hydrogens is 340 g/mol. The summed E-state index contributed by atoms with van der Waals surface area (Å²) < 4.78 is 30.5. The molecule has 5 nitrogen and oxygen atoms in total. The molecule has 1 aromatic rings. The molecule has 0 unspecified atom stereocenters. The second-order valence-electron chi connectivity index (χ2n) is 7.70. The molecule has 3 aliphatic heterocycles. The fraction of sp³-hybridized carbons (Fsp3) is 0.684. The molecule has 0 aliphatic carbocycles. The van der Waals surface area contributed by atoms with Gasteiger partial charge in [-0.15, -0.1) is 0 Å². The molecule has 0 aromatic heterocycles. The smallest absolute Gasteiger partial charge is 0.163 e. The molecule has 3 fully saturated rings. The van der Waals surface area contributed by atoms with E-state index in [1.54, 1.807) is 11.8 Å². The van der Waals surface area contributed by atoms with E-state index in [-0.39, 0.29) is 29.9 Å². The topological polar surface area (TPSA) is 46.2 Å². The normalized spacial score (nSPS) is 39.3. The summed E-state index contributed by atoms with van der Waals surface area (Å²) in [7, 11) is 0. The third-order valence-electron chi connectivity index (χ3n) is 4.69. The lowest BCUT2D eigenvalue weighted by atomic mass is 10.0. The molecule has 5 atom stereocenters. The highest BCUT2D eigenvalue weighted by molar-refractivity contribution is 7.99. The van der Waals surface area contributed by atoms with Gasteiger partial charge in [-0.2, -0.15) is 0 Å². The predicted molar refractivity (Wildman–Crippen MR) is 94.3 cm³/mol. The average molecular weight is 366 g/mol. The summed E-state index contributed by atoms with van der Waals surface area (Å²) in [6.45, 7) is 8.28. The molecule has 0 spiro atoms. The highest BCUT2D eigenvalue weighted by Crippen LogP contribution is 2.44. The first-order chi connectivity index (χ1) is 11.8. The zero-order valence-electron chi connectivity index (χ0n) is 15.1. The number of ether oxygens (including phenoxy) is 5. The Morgan fingerprint density at radius 1 is 0.880 bits per heavy atom. The molecule has 6 heteroatoms. The van der Waals surface area contributed by atoms with Crippen molar-refractivity contribution in [2.75, 3.05) is 6.61 Å². The molecule has 3 heterocycles. The van der Waals surface area contributed by atoms with Crippen molar-refractivity contribution < 1.29 is 23.7 Å². The molecule has 0 amide bonds. The van der Waals surface area contributed by atoms with Crippen molar-refractivity contribution in [3.05, 3.63) is 30.3 Å². The second kappa shape index (κ2) is 6.51. The Kier molecular flexibility index (Phi) is 4.63. The standard InChI is InChI=1S/C19H26O5S/c1-18(2)20-11-14(23-18)17-16-13(22-19(3,4)24-17)10-15(21-16)25-12-8-6-5-7-9-12/h5-9,13-17H,10-11H2,1-4H3/t13-,14+,15-,16+,17+/m0/s1. The average Bonchev–Trinajstić information content (AvgIpc) is 3.09. The van der Waals surface area contributed by atoms with E-state index in [0.717, 1.165) is 6.42 Å².